The first-order valence-electron chi connectivity index (χ1n) is 11.5. The molecular formula is C24H27F3N6S. The molecule has 2 aliphatic rings. The summed E-state index contributed by atoms with van der Waals surface area (Å²) < 4.78 is 40.4. The Morgan fingerprint density at radius 1 is 1.12 bits per heavy atom. The third-order valence-electron chi connectivity index (χ3n) is 6.99. The summed E-state index contributed by atoms with van der Waals surface area (Å²) in [5.74, 6) is 2.04. The van der Waals surface area contributed by atoms with Gasteiger partial charge in [-0.15, -0.1) is 10.2 Å². The van der Waals surface area contributed by atoms with Gasteiger partial charge in [0.15, 0.2) is 11.0 Å². The van der Waals surface area contributed by atoms with Gasteiger partial charge in [-0.25, -0.2) is 4.98 Å². The number of aryl methyl sites for hydroxylation is 1. The van der Waals surface area contributed by atoms with Gasteiger partial charge in [-0.05, 0) is 68.3 Å². The number of likely N-dealkylation sites (tertiary alicyclic amines) is 1. The maximum absolute atomic E-state index is 12.8. The summed E-state index contributed by atoms with van der Waals surface area (Å²) in [5.41, 5.74) is 2.29. The summed E-state index contributed by atoms with van der Waals surface area (Å²) in [6, 6.07) is 5.76. The molecule has 0 bridgehead atoms. The van der Waals surface area contributed by atoms with Crippen molar-refractivity contribution in [2.24, 2.45) is 12.5 Å². The van der Waals surface area contributed by atoms with Crippen molar-refractivity contribution < 1.29 is 13.2 Å². The van der Waals surface area contributed by atoms with E-state index in [1.807, 2.05) is 18.5 Å². The van der Waals surface area contributed by atoms with Gasteiger partial charge in [0.1, 0.15) is 5.69 Å². The van der Waals surface area contributed by atoms with Crippen LogP contribution >= 0.6 is 11.8 Å². The van der Waals surface area contributed by atoms with Crippen molar-refractivity contribution in [3.05, 3.63) is 53.5 Å². The van der Waals surface area contributed by atoms with E-state index in [9.17, 15) is 13.2 Å². The van der Waals surface area contributed by atoms with E-state index in [0.29, 0.717) is 17.4 Å². The molecule has 3 heterocycles. The first-order valence-corrected chi connectivity index (χ1v) is 12.4. The Hall–Kier alpha value is -2.46. The molecule has 34 heavy (non-hydrogen) atoms. The first kappa shape index (κ1) is 23.3. The first-order chi connectivity index (χ1) is 16.2. The van der Waals surface area contributed by atoms with Crippen molar-refractivity contribution >= 4 is 11.8 Å². The number of benzene rings is 1. The lowest BCUT2D eigenvalue weighted by atomic mass is 9.97. The molecule has 1 aliphatic heterocycles. The predicted octanol–water partition coefficient (Wildman–Crippen LogP) is 4.96. The Balaban J connectivity index is 1.09. The minimum Gasteiger partial charge on any atom is -0.304 e. The zero-order valence-electron chi connectivity index (χ0n) is 19.2. The number of thioether (sulfide) groups is 1. The van der Waals surface area contributed by atoms with Gasteiger partial charge in [0, 0.05) is 25.5 Å². The normalized spacial score (nSPS) is 22.6. The molecule has 6 nitrogen and oxygen atoms in total. The molecule has 1 aromatic carbocycles. The summed E-state index contributed by atoms with van der Waals surface area (Å²) in [5, 5.41) is 9.44. The number of alkyl halides is 3. The topological polar surface area (TPSA) is 59.7 Å². The van der Waals surface area contributed by atoms with Gasteiger partial charge < -0.3 is 9.47 Å². The van der Waals surface area contributed by atoms with E-state index in [1.54, 1.807) is 36.3 Å². The summed E-state index contributed by atoms with van der Waals surface area (Å²) in [4.78, 5) is 11.2. The van der Waals surface area contributed by atoms with Crippen LogP contribution in [0.25, 0.3) is 11.5 Å². The zero-order valence-corrected chi connectivity index (χ0v) is 20.0. The molecule has 2 atom stereocenters. The molecule has 2 fully saturated rings. The lowest BCUT2D eigenvalue weighted by Crippen LogP contribution is -2.23. The highest BCUT2D eigenvalue weighted by molar-refractivity contribution is 7.99. The van der Waals surface area contributed by atoms with E-state index in [0.717, 1.165) is 61.1 Å². The summed E-state index contributed by atoms with van der Waals surface area (Å²) >= 11 is 1.69. The van der Waals surface area contributed by atoms with Gasteiger partial charge in [0.25, 0.3) is 0 Å². The van der Waals surface area contributed by atoms with Crippen LogP contribution in [0, 0.1) is 12.3 Å². The molecule has 1 saturated heterocycles. The SMILES string of the molecule is Cc1cnc(-c2nnc(SCCCN3CCC4(C[C@@H]4c4ccc(C(F)(F)F)cc4)C3)n2C)cn1. The van der Waals surface area contributed by atoms with Gasteiger partial charge in [0.2, 0.25) is 0 Å². The zero-order chi connectivity index (χ0) is 23.9. The second-order valence-corrected chi connectivity index (χ2v) is 10.4. The smallest absolute Gasteiger partial charge is 0.304 e. The molecule has 180 valence electrons. The second kappa shape index (κ2) is 8.96. The Bertz CT molecular complexity index is 1150. The highest BCUT2D eigenvalue weighted by Crippen LogP contribution is 2.64. The minimum absolute atomic E-state index is 0.250. The Morgan fingerprint density at radius 2 is 1.91 bits per heavy atom. The van der Waals surface area contributed by atoms with Crippen molar-refractivity contribution in [3.63, 3.8) is 0 Å². The van der Waals surface area contributed by atoms with Crippen LogP contribution in [0.2, 0.25) is 0 Å². The standard InChI is InChI=1S/C24H27F3N6S/c1-16-13-29-20(14-28-16)21-30-31-22(32(21)2)34-11-3-9-33-10-8-23(15-33)12-19(23)17-4-6-18(7-5-17)24(25,26)27/h4-7,13-14,19H,3,8-12,15H2,1-2H3/t19-,23?/m1/s1. The number of nitrogens with zero attached hydrogens (tertiary/aromatic N) is 6. The van der Waals surface area contributed by atoms with E-state index in [1.165, 1.54) is 12.1 Å². The van der Waals surface area contributed by atoms with Gasteiger partial charge in [-0.3, -0.25) is 4.98 Å². The van der Waals surface area contributed by atoms with Gasteiger partial charge in [-0.2, -0.15) is 13.2 Å². The lowest BCUT2D eigenvalue weighted by molar-refractivity contribution is -0.137. The number of rotatable bonds is 7. The summed E-state index contributed by atoms with van der Waals surface area (Å²) in [6.07, 6.45) is 2.40. The van der Waals surface area contributed by atoms with Crippen molar-refractivity contribution in [2.75, 3.05) is 25.4 Å². The summed E-state index contributed by atoms with van der Waals surface area (Å²) in [6.45, 7) is 5.00. The van der Waals surface area contributed by atoms with Crippen LogP contribution in [-0.2, 0) is 13.2 Å². The molecule has 1 saturated carbocycles. The van der Waals surface area contributed by atoms with Crippen molar-refractivity contribution in [1.29, 1.82) is 0 Å². The molecular weight excluding hydrogens is 461 g/mol. The number of hydrogen-bond acceptors (Lipinski definition) is 6. The van der Waals surface area contributed by atoms with E-state index < -0.39 is 11.7 Å². The van der Waals surface area contributed by atoms with Crippen LogP contribution in [0.4, 0.5) is 13.2 Å². The fourth-order valence-electron chi connectivity index (χ4n) is 4.97. The molecule has 10 heteroatoms. The largest absolute Gasteiger partial charge is 0.416 e. The maximum atomic E-state index is 12.8. The van der Waals surface area contributed by atoms with Gasteiger partial charge >= 0.3 is 6.18 Å². The van der Waals surface area contributed by atoms with E-state index >= 15 is 0 Å². The molecule has 1 spiro atoms. The number of halogens is 3. The molecule has 3 aromatic rings. The highest BCUT2D eigenvalue weighted by Gasteiger charge is 2.57. The van der Waals surface area contributed by atoms with Crippen molar-refractivity contribution in [1.82, 2.24) is 29.6 Å². The van der Waals surface area contributed by atoms with Gasteiger partial charge in [0.05, 0.1) is 17.5 Å². The van der Waals surface area contributed by atoms with E-state index in [4.69, 9.17) is 0 Å². The minimum atomic E-state index is -4.27. The Labute approximate surface area is 201 Å². The Morgan fingerprint density at radius 3 is 2.62 bits per heavy atom. The quantitative estimate of drug-likeness (QED) is 0.346. The molecule has 5 rings (SSSR count). The van der Waals surface area contributed by atoms with E-state index in [-0.39, 0.29) is 5.41 Å². The average Bonchev–Trinajstić information content (AvgIpc) is 3.16. The fourth-order valence-corrected chi connectivity index (χ4v) is 5.81. The molecule has 2 aromatic heterocycles. The number of aromatic nitrogens is 5. The third kappa shape index (κ3) is 4.70. The molecule has 0 N–H and O–H groups in total. The van der Waals surface area contributed by atoms with Crippen LogP contribution in [0.1, 0.15) is 42.0 Å². The molecule has 1 unspecified atom stereocenters. The maximum Gasteiger partial charge on any atom is 0.416 e. The third-order valence-corrected chi connectivity index (χ3v) is 8.10. The summed E-state index contributed by atoms with van der Waals surface area (Å²) in [7, 11) is 1.94. The molecule has 0 radical (unpaired) electrons. The molecule has 1 aliphatic carbocycles. The van der Waals surface area contributed by atoms with Crippen molar-refractivity contribution in [2.45, 2.75) is 43.4 Å². The van der Waals surface area contributed by atoms with Crippen molar-refractivity contribution in [3.8, 4) is 11.5 Å². The van der Waals surface area contributed by atoms with E-state index in [2.05, 4.69) is 25.1 Å². The predicted molar refractivity (Wildman–Crippen MR) is 124 cm³/mol. The average molecular weight is 489 g/mol. The highest BCUT2D eigenvalue weighted by atomic mass is 32.2. The fraction of sp³-hybridized carbons (Fsp3) is 0.500. The monoisotopic (exact) mass is 488 g/mol. The van der Waals surface area contributed by atoms with Crippen LogP contribution in [0.5, 0.6) is 0 Å². The van der Waals surface area contributed by atoms with Crippen LogP contribution in [0.3, 0.4) is 0 Å². The molecule has 0 amide bonds. The van der Waals surface area contributed by atoms with Gasteiger partial charge in [-0.1, -0.05) is 23.9 Å². The van der Waals surface area contributed by atoms with Crippen LogP contribution in [-0.4, -0.2) is 55.0 Å². The lowest BCUT2D eigenvalue weighted by Gasteiger charge is -2.16. The van der Waals surface area contributed by atoms with Crippen LogP contribution < -0.4 is 0 Å². The van der Waals surface area contributed by atoms with Crippen LogP contribution in [0.15, 0.2) is 41.8 Å². The number of hydrogen-bond donors (Lipinski definition) is 0. The Kier molecular flexibility index (Phi) is 6.14. The second-order valence-electron chi connectivity index (χ2n) is 9.38.